The maximum atomic E-state index is 13.2. The molecule has 5 rings (SSSR count). The van der Waals surface area contributed by atoms with Gasteiger partial charge in [-0.15, -0.1) is 0 Å². The lowest BCUT2D eigenvalue weighted by Gasteiger charge is -2.30. The first-order valence-corrected chi connectivity index (χ1v) is 9.67. The number of hydrogen-bond acceptors (Lipinski definition) is 3. The molecular weight excluding hydrogens is 336 g/mol. The van der Waals surface area contributed by atoms with E-state index < -0.39 is 0 Å². The highest BCUT2D eigenvalue weighted by molar-refractivity contribution is 5.84. The molecule has 0 N–H and O–H groups in total. The number of nitrogens with zero attached hydrogens (tertiary/aromatic N) is 4. The Morgan fingerprint density at radius 1 is 1.04 bits per heavy atom. The van der Waals surface area contributed by atoms with E-state index in [-0.39, 0.29) is 11.6 Å². The van der Waals surface area contributed by atoms with Crippen molar-refractivity contribution in [2.24, 2.45) is 5.92 Å². The highest BCUT2D eigenvalue weighted by atomic mass is 16.1. The summed E-state index contributed by atoms with van der Waals surface area (Å²) in [6.07, 6.45) is 10.2. The summed E-state index contributed by atoms with van der Waals surface area (Å²) >= 11 is 0. The fourth-order valence-electron chi connectivity index (χ4n) is 4.42. The predicted molar refractivity (Wildman–Crippen MR) is 107 cm³/mol. The van der Waals surface area contributed by atoms with Crippen LogP contribution in [0.5, 0.6) is 0 Å². The Bertz CT molecular complexity index is 1180. The van der Waals surface area contributed by atoms with Crippen molar-refractivity contribution in [1.29, 1.82) is 0 Å². The van der Waals surface area contributed by atoms with Crippen LogP contribution in [0, 0.1) is 5.92 Å². The molecule has 0 amide bonds. The van der Waals surface area contributed by atoms with E-state index in [9.17, 15) is 4.79 Å². The summed E-state index contributed by atoms with van der Waals surface area (Å²) in [4.78, 5) is 17.8. The van der Waals surface area contributed by atoms with Crippen LogP contribution in [0.4, 0.5) is 0 Å². The molecule has 1 saturated carbocycles. The van der Waals surface area contributed by atoms with Gasteiger partial charge in [-0.1, -0.05) is 50.1 Å². The first-order valence-electron chi connectivity index (χ1n) is 9.67. The third kappa shape index (κ3) is 2.57. The highest BCUT2D eigenvalue weighted by Crippen LogP contribution is 2.33. The van der Waals surface area contributed by atoms with Gasteiger partial charge in [-0.2, -0.15) is 5.10 Å². The van der Waals surface area contributed by atoms with Gasteiger partial charge in [-0.3, -0.25) is 4.79 Å². The van der Waals surface area contributed by atoms with Crippen molar-refractivity contribution in [3.05, 3.63) is 65.3 Å². The molecule has 136 valence electrons. The van der Waals surface area contributed by atoms with Gasteiger partial charge in [0.05, 0.1) is 17.1 Å². The molecule has 1 fully saturated rings. The monoisotopic (exact) mass is 358 g/mol. The van der Waals surface area contributed by atoms with Gasteiger partial charge in [-0.25, -0.2) is 9.50 Å². The minimum atomic E-state index is 0.0393. The van der Waals surface area contributed by atoms with Gasteiger partial charge in [0, 0.05) is 24.0 Å². The molecule has 5 nitrogen and oxygen atoms in total. The average molecular weight is 358 g/mol. The number of benzene rings is 1. The number of aromatic nitrogens is 4. The zero-order valence-electron chi connectivity index (χ0n) is 15.4. The molecule has 0 bridgehead atoms. The van der Waals surface area contributed by atoms with Crippen molar-refractivity contribution in [1.82, 2.24) is 19.2 Å². The van der Waals surface area contributed by atoms with Crippen LogP contribution in [0.15, 0.2) is 59.8 Å². The molecule has 2 atom stereocenters. The zero-order valence-corrected chi connectivity index (χ0v) is 15.4. The van der Waals surface area contributed by atoms with Gasteiger partial charge in [0.25, 0.3) is 5.56 Å². The number of hydrogen-bond donors (Lipinski definition) is 0. The lowest BCUT2D eigenvalue weighted by atomic mass is 9.85. The van der Waals surface area contributed by atoms with E-state index in [2.05, 4.69) is 17.0 Å². The van der Waals surface area contributed by atoms with E-state index >= 15 is 0 Å². The minimum absolute atomic E-state index is 0.0393. The first kappa shape index (κ1) is 16.2. The highest BCUT2D eigenvalue weighted by Gasteiger charge is 2.24. The normalized spacial score (nSPS) is 20.3. The molecule has 0 spiro atoms. The summed E-state index contributed by atoms with van der Waals surface area (Å²) in [6, 6.07) is 12.4. The van der Waals surface area contributed by atoms with Crippen molar-refractivity contribution in [3.63, 3.8) is 0 Å². The van der Waals surface area contributed by atoms with Crippen LogP contribution in [0.3, 0.4) is 0 Å². The number of pyridine rings is 1. The molecule has 0 aliphatic heterocycles. The van der Waals surface area contributed by atoms with Gasteiger partial charge in [0.15, 0.2) is 5.65 Å². The maximum Gasteiger partial charge on any atom is 0.261 e. The SMILES string of the molecule is CC1CCCCC1n1ccc2c(cnc3c(-c4ccccc4)cnn32)c1=O. The molecule has 3 heterocycles. The van der Waals surface area contributed by atoms with Crippen LogP contribution in [-0.4, -0.2) is 19.2 Å². The molecular formula is C22H22N4O. The third-order valence-electron chi connectivity index (χ3n) is 5.93. The van der Waals surface area contributed by atoms with Gasteiger partial charge < -0.3 is 4.57 Å². The molecule has 4 aromatic rings. The third-order valence-corrected chi connectivity index (χ3v) is 5.93. The topological polar surface area (TPSA) is 52.2 Å². The molecule has 1 aliphatic carbocycles. The predicted octanol–water partition coefficient (Wildman–Crippen LogP) is 4.46. The second kappa shape index (κ2) is 6.34. The van der Waals surface area contributed by atoms with E-state index in [4.69, 9.17) is 0 Å². The van der Waals surface area contributed by atoms with Crippen LogP contribution in [0.25, 0.3) is 27.7 Å². The van der Waals surface area contributed by atoms with E-state index in [0.717, 1.165) is 28.7 Å². The summed E-state index contributed by atoms with van der Waals surface area (Å²) in [6.45, 7) is 2.25. The van der Waals surface area contributed by atoms with Gasteiger partial charge in [0.2, 0.25) is 0 Å². The lowest BCUT2D eigenvalue weighted by molar-refractivity contribution is 0.253. The Balaban J connectivity index is 1.68. The Morgan fingerprint density at radius 3 is 2.67 bits per heavy atom. The molecule has 27 heavy (non-hydrogen) atoms. The summed E-state index contributed by atoms with van der Waals surface area (Å²) in [7, 11) is 0. The summed E-state index contributed by atoms with van der Waals surface area (Å²) in [5.41, 5.74) is 3.67. The van der Waals surface area contributed by atoms with Crippen molar-refractivity contribution in [3.8, 4) is 11.1 Å². The van der Waals surface area contributed by atoms with Crippen LogP contribution in [0.1, 0.15) is 38.6 Å². The second-order valence-electron chi connectivity index (χ2n) is 7.57. The number of rotatable bonds is 2. The standard InChI is InChI=1S/C22H22N4O/c1-15-7-5-6-10-19(15)25-12-11-20-18(22(25)27)13-23-21-17(14-24-26(20)21)16-8-3-2-4-9-16/h2-4,8-9,11-15,19H,5-7,10H2,1H3. The van der Waals surface area contributed by atoms with Crippen LogP contribution in [-0.2, 0) is 0 Å². The molecule has 0 saturated heterocycles. The van der Waals surface area contributed by atoms with Gasteiger partial charge >= 0.3 is 0 Å². The zero-order chi connectivity index (χ0) is 18.4. The second-order valence-corrected chi connectivity index (χ2v) is 7.57. The van der Waals surface area contributed by atoms with Crippen molar-refractivity contribution < 1.29 is 0 Å². The quantitative estimate of drug-likeness (QED) is 0.531. The molecule has 1 aliphatic rings. The molecule has 2 unspecified atom stereocenters. The molecule has 3 aromatic heterocycles. The lowest BCUT2D eigenvalue weighted by Crippen LogP contribution is -2.30. The molecule has 5 heteroatoms. The first-order chi connectivity index (χ1) is 13.2. The van der Waals surface area contributed by atoms with Crippen LogP contribution < -0.4 is 5.56 Å². The van der Waals surface area contributed by atoms with Crippen molar-refractivity contribution in [2.75, 3.05) is 0 Å². The van der Waals surface area contributed by atoms with Crippen molar-refractivity contribution in [2.45, 2.75) is 38.6 Å². The Kier molecular flexibility index (Phi) is 3.81. The van der Waals surface area contributed by atoms with Gasteiger partial charge in [-0.05, 0) is 30.4 Å². The fraction of sp³-hybridized carbons (Fsp3) is 0.318. The van der Waals surface area contributed by atoms with Crippen LogP contribution in [0.2, 0.25) is 0 Å². The molecule has 0 radical (unpaired) electrons. The Labute approximate surface area is 157 Å². The molecule has 1 aromatic carbocycles. The summed E-state index contributed by atoms with van der Waals surface area (Å²) < 4.78 is 3.70. The fourth-order valence-corrected chi connectivity index (χ4v) is 4.42. The van der Waals surface area contributed by atoms with Gasteiger partial charge in [0.1, 0.15) is 0 Å². The minimum Gasteiger partial charge on any atom is -0.312 e. The smallest absolute Gasteiger partial charge is 0.261 e. The Hall–Kier alpha value is -2.95. The summed E-state index contributed by atoms with van der Waals surface area (Å²) in [5.74, 6) is 0.528. The maximum absolute atomic E-state index is 13.2. The van der Waals surface area contributed by atoms with E-state index in [1.807, 2.05) is 53.4 Å². The number of fused-ring (bicyclic) bond motifs is 3. The van der Waals surface area contributed by atoms with Crippen molar-refractivity contribution >= 4 is 16.6 Å². The van der Waals surface area contributed by atoms with E-state index in [0.29, 0.717) is 11.3 Å². The van der Waals surface area contributed by atoms with Crippen LogP contribution >= 0.6 is 0 Å². The average Bonchev–Trinajstić information content (AvgIpc) is 3.14. The van der Waals surface area contributed by atoms with E-state index in [1.54, 1.807) is 10.7 Å². The Morgan fingerprint density at radius 2 is 1.85 bits per heavy atom. The summed E-state index contributed by atoms with van der Waals surface area (Å²) in [5, 5.41) is 5.16. The van der Waals surface area contributed by atoms with E-state index in [1.165, 1.54) is 19.3 Å². The largest absolute Gasteiger partial charge is 0.312 e.